The largest absolute Gasteiger partial charge is 0.488 e. The molecule has 0 aliphatic carbocycles. The summed E-state index contributed by atoms with van der Waals surface area (Å²) in [6, 6.07) is 3.36. The van der Waals surface area contributed by atoms with Crippen molar-refractivity contribution in [2.75, 3.05) is 31.6 Å². The zero-order chi connectivity index (χ0) is 41.2. The summed E-state index contributed by atoms with van der Waals surface area (Å²) in [6.45, 7) is 3.87. The quantitative estimate of drug-likeness (QED) is 0.0211. The van der Waals surface area contributed by atoms with Crippen molar-refractivity contribution in [1.82, 2.24) is 26.6 Å². The summed E-state index contributed by atoms with van der Waals surface area (Å²) < 4.78 is 5.15. The van der Waals surface area contributed by atoms with Crippen LogP contribution in [0.1, 0.15) is 45.6 Å². The molecule has 55 heavy (non-hydrogen) atoms. The summed E-state index contributed by atoms with van der Waals surface area (Å²) in [5, 5.41) is 23.7. The van der Waals surface area contributed by atoms with Gasteiger partial charge in [-0.3, -0.25) is 48.1 Å². The zero-order valence-corrected chi connectivity index (χ0v) is 30.6. The smallest absolute Gasteiger partial charge is 0.305 e. The van der Waals surface area contributed by atoms with Crippen LogP contribution in [0.4, 0.5) is 5.69 Å². The maximum absolute atomic E-state index is 13.7. The fraction of sp³-hybridized carbons (Fsp3) is 0.471. The average Bonchev–Trinajstić information content (AvgIpc) is 3.12. The third kappa shape index (κ3) is 14.8. The van der Waals surface area contributed by atoms with Crippen molar-refractivity contribution in [3.63, 3.8) is 0 Å². The van der Waals surface area contributed by atoms with Gasteiger partial charge in [0, 0.05) is 13.0 Å². The molecular formula is C34H48N10O11. The number of carboxylic acids is 1. The number of nitrogens with two attached hydrogens (primary N) is 3. The van der Waals surface area contributed by atoms with E-state index in [0.717, 1.165) is 0 Å². The van der Waals surface area contributed by atoms with Gasteiger partial charge in [-0.05, 0) is 31.2 Å². The number of nitrogens with one attached hydrogen (secondary N) is 6. The van der Waals surface area contributed by atoms with Crippen LogP contribution in [-0.2, 0) is 40.0 Å². The Balaban J connectivity index is 2.21. The number of primary amides is 1. The van der Waals surface area contributed by atoms with Crippen LogP contribution in [0.25, 0.3) is 0 Å². The van der Waals surface area contributed by atoms with E-state index in [9.17, 15) is 43.2 Å². The first-order valence-electron chi connectivity index (χ1n) is 17.2. The molecular weight excluding hydrogens is 724 g/mol. The van der Waals surface area contributed by atoms with E-state index < -0.39 is 102 Å². The van der Waals surface area contributed by atoms with Gasteiger partial charge in [0.05, 0.1) is 26.1 Å². The molecule has 0 aromatic heterocycles. The minimum absolute atomic E-state index is 0.00385. The molecule has 0 spiro atoms. The lowest BCUT2D eigenvalue weighted by molar-refractivity contribution is -0.140. The topological polar surface area (TPSA) is 346 Å². The second kappa shape index (κ2) is 21.9. The van der Waals surface area contributed by atoms with Gasteiger partial charge in [0.2, 0.25) is 35.4 Å². The van der Waals surface area contributed by atoms with Crippen molar-refractivity contribution < 1.29 is 43.4 Å². The molecule has 0 saturated heterocycles. The van der Waals surface area contributed by atoms with Gasteiger partial charge in [0.15, 0.2) is 11.7 Å². The summed E-state index contributed by atoms with van der Waals surface area (Å²) in [4.78, 5) is 116. The number of carbonyl (C=O) groups is 7. The second-order valence-electron chi connectivity index (χ2n) is 12.5. The molecule has 6 amide bonds. The molecule has 0 aliphatic heterocycles. The third-order valence-electron chi connectivity index (χ3n) is 7.82. The first-order chi connectivity index (χ1) is 25.9. The van der Waals surface area contributed by atoms with E-state index in [2.05, 4.69) is 36.9 Å². The van der Waals surface area contributed by atoms with Crippen molar-refractivity contribution in [3.8, 4) is 5.75 Å². The zero-order valence-electron chi connectivity index (χ0n) is 30.6. The summed E-state index contributed by atoms with van der Waals surface area (Å²) in [6.07, 6.45) is -0.640. The molecule has 0 aliphatic rings. The summed E-state index contributed by atoms with van der Waals surface area (Å²) in [5.41, 5.74) is 14.7. The Morgan fingerprint density at radius 2 is 1.44 bits per heavy atom. The number of carboxylic acid groups (broad SMARTS) is 1. The first-order valence-corrected chi connectivity index (χ1v) is 17.2. The standard InChI is InChI=1S/C34H48N10O11/c1-4-55-29-26(27(49)28(29)50)39-15-22(45)42-21(13-18-9-6-5-7-10-18)32(53)44-25(17(2)3)33(54)43-19(11-8-12-38-34(36)37)31(52)40-16-23(46)41-20(30(35)51)14-24(47)48/h5-7,9-10,17,19-21,25,39H,4,8,11-16H2,1-3H3,(H2,35,51)(H,40,52)(H,41,46)(H,42,45)(H,43,54)(H,44,53)(H,47,48)(H4,36,37,38). The number of hydrogen-bond donors (Lipinski definition) is 10. The summed E-state index contributed by atoms with van der Waals surface area (Å²) >= 11 is 0. The fourth-order valence-corrected chi connectivity index (χ4v) is 5.04. The predicted octanol–water partition coefficient (Wildman–Crippen LogP) is -3.94. The Labute approximate surface area is 315 Å². The number of aliphatic carboxylic acids is 1. The lowest BCUT2D eigenvalue weighted by Gasteiger charge is -2.27. The number of carbonyl (C=O) groups excluding carboxylic acids is 6. The molecule has 0 fully saturated rings. The van der Waals surface area contributed by atoms with Gasteiger partial charge in [0.1, 0.15) is 29.9 Å². The van der Waals surface area contributed by atoms with Gasteiger partial charge in [0.25, 0.3) is 10.9 Å². The van der Waals surface area contributed by atoms with Gasteiger partial charge in [-0.25, -0.2) is 0 Å². The molecule has 2 rings (SSSR count). The number of amides is 6. The van der Waals surface area contributed by atoms with Gasteiger partial charge in [-0.2, -0.15) is 0 Å². The van der Waals surface area contributed by atoms with E-state index in [1.54, 1.807) is 51.1 Å². The van der Waals surface area contributed by atoms with Crippen molar-refractivity contribution in [2.24, 2.45) is 28.1 Å². The number of ether oxygens (including phenoxy) is 1. The van der Waals surface area contributed by atoms with E-state index in [0.29, 0.717) is 5.56 Å². The molecule has 4 unspecified atom stereocenters. The monoisotopic (exact) mass is 772 g/mol. The highest BCUT2D eigenvalue weighted by molar-refractivity contribution is 5.96. The molecule has 13 N–H and O–H groups in total. The van der Waals surface area contributed by atoms with E-state index in [-0.39, 0.29) is 49.8 Å². The van der Waals surface area contributed by atoms with Crippen molar-refractivity contribution in [3.05, 3.63) is 56.3 Å². The van der Waals surface area contributed by atoms with Crippen molar-refractivity contribution in [2.45, 2.75) is 70.6 Å². The van der Waals surface area contributed by atoms with Crippen LogP contribution in [0.2, 0.25) is 0 Å². The molecule has 21 heteroatoms. The van der Waals surface area contributed by atoms with E-state index in [4.69, 9.17) is 27.0 Å². The molecule has 2 aromatic rings. The fourth-order valence-electron chi connectivity index (χ4n) is 5.04. The molecule has 300 valence electrons. The number of nitrogens with zero attached hydrogens (tertiary/aromatic N) is 1. The lowest BCUT2D eigenvalue weighted by atomic mass is 10.00. The van der Waals surface area contributed by atoms with Crippen LogP contribution in [0.15, 0.2) is 44.9 Å². The Morgan fingerprint density at radius 1 is 0.800 bits per heavy atom. The molecule has 2 aromatic carbocycles. The van der Waals surface area contributed by atoms with Crippen LogP contribution in [0, 0.1) is 5.92 Å². The Morgan fingerprint density at radius 3 is 2.02 bits per heavy atom. The minimum Gasteiger partial charge on any atom is -0.488 e. The molecule has 0 radical (unpaired) electrons. The Bertz CT molecular complexity index is 1790. The highest BCUT2D eigenvalue weighted by atomic mass is 16.5. The number of aliphatic imine (C=N–C) groups is 1. The number of benzene rings is 1. The highest BCUT2D eigenvalue weighted by Gasteiger charge is 2.32. The highest BCUT2D eigenvalue weighted by Crippen LogP contribution is 2.16. The minimum atomic E-state index is -1.54. The van der Waals surface area contributed by atoms with Gasteiger partial charge >= 0.3 is 5.97 Å². The van der Waals surface area contributed by atoms with Crippen LogP contribution < -0.4 is 64.7 Å². The van der Waals surface area contributed by atoms with Crippen LogP contribution in [0.5, 0.6) is 5.75 Å². The van der Waals surface area contributed by atoms with Crippen molar-refractivity contribution >= 4 is 53.1 Å². The van der Waals surface area contributed by atoms with Crippen molar-refractivity contribution in [1.29, 1.82) is 0 Å². The third-order valence-corrected chi connectivity index (χ3v) is 7.82. The Kier molecular flexibility index (Phi) is 17.7. The second-order valence-corrected chi connectivity index (χ2v) is 12.5. The maximum Gasteiger partial charge on any atom is 0.305 e. The van der Waals surface area contributed by atoms with Gasteiger partial charge < -0.3 is 58.9 Å². The first kappa shape index (κ1) is 44.6. The van der Waals surface area contributed by atoms with Crippen LogP contribution in [0.3, 0.4) is 0 Å². The Hall–Kier alpha value is -6.54. The summed E-state index contributed by atoms with van der Waals surface area (Å²) in [5.74, 6) is -7.50. The lowest BCUT2D eigenvalue weighted by Crippen LogP contribution is -2.59. The number of rotatable bonds is 24. The van der Waals surface area contributed by atoms with Gasteiger partial charge in [-0.1, -0.05) is 44.2 Å². The predicted molar refractivity (Wildman–Crippen MR) is 198 cm³/mol. The van der Waals surface area contributed by atoms with E-state index >= 15 is 0 Å². The molecule has 0 heterocycles. The number of guanidine groups is 1. The summed E-state index contributed by atoms with van der Waals surface area (Å²) in [7, 11) is 0. The maximum atomic E-state index is 13.7. The molecule has 0 bridgehead atoms. The SMILES string of the molecule is CCOc1c(NCC(=O)NC(Cc2ccccc2)C(=O)NC(C(=O)NC(CCCN=C(N)N)C(=O)NCC(=O)NC(CC(=O)O)C(N)=O)C(C)C)c(=O)c1=O. The van der Waals surface area contributed by atoms with Gasteiger partial charge in [-0.15, -0.1) is 0 Å². The van der Waals surface area contributed by atoms with Crippen LogP contribution >= 0.6 is 0 Å². The van der Waals surface area contributed by atoms with E-state index in [1.807, 2.05) is 0 Å². The van der Waals surface area contributed by atoms with E-state index in [1.165, 1.54) is 0 Å². The molecule has 4 atom stereocenters. The molecule has 0 saturated carbocycles. The normalized spacial score (nSPS) is 12.9. The van der Waals surface area contributed by atoms with Crippen LogP contribution in [-0.4, -0.2) is 103 Å². The number of hydrogen-bond acceptors (Lipinski definition) is 12. The number of anilines is 1. The molecule has 21 nitrogen and oxygen atoms in total. The average molecular weight is 773 g/mol.